The van der Waals surface area contributed by atoms with E-state index in [9.17, 15) is 9.50 Å². The molecule has 1 aromatic carbocycles. The number of phenols is 1. The first-order chi connectivity index (χ1) is 15.1. The molecule has 2 bridgehead atoms. The van der Waals surface area contributed by atoms with E-state index in [2.05, 4.69) is 20.3 Å². The number of halogens is 1. The van der Waals surface area contributed by atoms with Crippen LogP contribution in [0.4, 0.5) is 4.39 Å². The SMILES string of the molecule is COc1cc(-c2ccc(-c3cnc(/C=C4\CC5C=CC(N5)[C@@H]4F)cn3)c(O)c2)ccn1. The summed E-state index contributed by atoms with van der Waals surface area (Å²) in [5.74, 6) is 0.600. The zero-order valence-electron chi connectivity index (χ0n) is 16.9. The zero-order valence-corrected chi connectivity index (χ0v) is 16.9. The number of piperidine rings is 1. The lowest BCUT2D eigenvalue weighted by Gasteiger charge is -2.27. The lowest BCUT2D eigenvalue weighted by Crippen LogP contribution is -2.43. The highest BCUT2D eigenvalue weighted by Gasteiger charge is 2.34. The van der Waals surface area contributed by atoms with Gasteiger partial charge in [0.15, 0.2) is 0 Å². The Balaban J connectivity index is 1.38. The van der Waals surface area contributed by atoms with Gasteiger partial charge in [-0.15, -0.1) is 0 Å². The number of aromatic hydroxyl groups is 1. The Kier molecular flexibility index (Phi) is 4.95. The fourth-order valence-corrected chi connectivity index (χ4v) is 4.03. The Labute approximate surface area is 179 Å². The summed E-state index contributed by atoms with van der Waals surface area (Å²) < 4.78 is 19.7. The van der Waals surface area contributed by atoms with Gasteiger partial charge in [0.05, 0.1) is 36.9 Å². The molecule has 31 heavy (non-hydrogen) atoms. The van der Waals surface area contributed by atoms with Gasteiger partial charge in [-0.3, -0.25) is 9.97 Å². The van der Waals surface area contributed by atoms with Crippen molar-refractivity contribution in [2.24, 2.45) is 0 Å². The van der Waals surface area contributed by atoms with E-state index in [-0.39, 0.29) is 17.8 Å². The molecular weight excluding hydrogens is 395 g/mol. The number of nitrogens with zero attached hydrogens (tertiary/aromatic N) is 3. The molecule has 6 nitrogen and oxygen atoms in total. The van der Waals surface area contributed by atoms with Crippen LogP contribution in [0, 0.1) is 0 Å². The molecule has 2 aliphatic rings. The number of nitrogens with one attached hydrogen (secondary N) is 1. The number of aromatic nitrogens is 3. The molecule has 3 atom stereocenters. The van der Waals surface area contributed by atoms with Crippen LogP contribution in [-0.4, -0.2) is 45.4 Å². The van der Waals surface area contributed by atoms with Crippen molar-refractivity contribution in [3.63, 3.8) is 0 Å². The van der Waals surface area contributed by atoms with Crippen molar-refractivity contribution in [2.45, 2.75) is 24.7 Å². The van der Waals surface area contributed by atoms with Crippen LogP contribution in [0.5, 0.6) is 11.6 Å². The van der Waals surface area contributed by atoms with Gasteiger partial charge in [0.25, 0.3) is 0 Å². The van der Waals surface area contributed by atoms with Crippen molar-refractivity contribution in [2.75, 3.05) is 7.11 Å². The van der Waals surface area contributed by atoms with Crippen LogP contribution in [0.2, 0.25) is 0 Å². The number of ether oxygens (including phenoxy) is 1. The summed E-state index contributed by atoms with van der Waals surface area (Å²) in [6.07, 6.45) is 10.1. The van der Waals surface area contributed by atoms with E-state index < -0.39 is 6.17 Å². The van der Waals surface area contributed by atoms with Gasteiger partial charge in [-0.05, 0) is 47.4 Å². The Morgan fingerprint density at radius 1 is 1.10 bits per heavy atom. The minimum atomic E-state index is -1.06. The number of hydrogen-bond acceptors (Lipinski definition) is 6. The van der Waals surface area contributed by atoms with Gasteiger partial charge in [0, 0.05) is 23.9 Å². The van der Waals surface area contributed by atoms with E-state index in [0.717, 1.165) is 16.7 Å². The van der Waals surface area contributed by atoms with E-state index in [1.165, 1.54) is 0 Å². The minimum absolute atomic E-state index is 0.0958. The second-order valence-electron chi connectivity index (χ2n) is 7.65. The summed E-state index contributed by atoms with van der Waals surface area (Å²) in [7, 11) is 1.56. The quantitative estimate of drug-likeness (QED) is 0.627. The van der Waals surface area contributed by atoms with Gasteiger partial charge in [0.1, 0.15) is 11.9 Å². The van der Waals surface area contributed by atoms with Crippen molar-refractivity contribution in [1.29, 1.82) is 0 Å². The molecular formula is C24H21FN4O2. The number of hydrogen-bond donors (Lipinski definition) is 2. The smallest absolute Gasteiger partial charge is 0.213 e. The van der Waals surface area contributed by atoms with E-state index in [1.807, 2.05) is 24.3 Å². The molecule has 0 radical (unpaired) electrons. The van der Waals surface area contributed by atoms with Gasteiger partial charge in [0.2, 0.25) is 5.88 Å². The number of rotatable bonds is 4. The summed E-state index contributed by atoms with van der Waals surface area (Å²) in [4.78, 5) is 12.9. The maximum absolute atomic E-state index is 14.6. The number of fused-ring (bicyclic) bond motifs is 2. The van der Waals surface area contributed by atoms with E-state index in [4.69, 9.17) is 4.74 Å². The number of alkyl halides is 1. The molecule has 2 aromatic heterocycles. The Morgan fingerprint density at radius 3 is 2.74 bits per heavy atom. The fraction of sp³-hybridized carbons (Fsp3) is 0.208. The Morgan fingerprint density at radius 2 is 1.97 bits per heavy atom. The maximum atomic E-state index is 14.6. The first-order valence-corrected chi connectivity index (χ1v) is 10.1. The molecule has 2 aliphatic heterocycles. The number of phenolic OH excluding ortho intramolecular Hbond substituents is 1. The van der Waals surface area contributed by atoms with Crippen LogP contribution in [0.1, 0.15) is 12.1 Å². The number of benzene rings is 1. The molecule has 5 rings (SSSR count). The van der Waals surface area contributed by atoms with Gasteiger partial charge in [-0.2, -0.15) is 0 Å². The van der Waals surface area contributed by atoms with Crippen LogP contribution in [-0.2, 0) is 0 Å². The molecule has 1 saturated heterocycles. The van der Waals surface area contributed by atoms with Crippen molar-refractivity contribution >= 4 is 6.08 Å². The lowest BCUT2D eigenvalue weighted by molar-refractivity contribution is 0.285. The van der Waals surface area contributed by atoms with Gasteiger partial charge in [-0.25, -0.2) is 9.37 Å². The largest absolute Gasteiger partial charge is 0.507 e. The maximum Gasteiger partial charge on any atom is 0.213 e. The highest BCUT2D eigenvalue weighted by molar-refractivity contribution is 5.74. The molecule has 4 heterocycles. The van der Waals surface area contributed by atoms with Crippen molar-refractivity contribution < 1.29 is 14.2 Å². The molecule has 7 heteroatoms. The van der Waals surface area contributed by atoms with Crippen molar-refractivity contribution in [3.05, 3.63) is 72.3 Å². The third-order valence-electron chi connectivity index (χ3n) is 5.64. The Hall–Kier alpha value is -3.58. The number of pyridine rings is 1. The molecule has 156 valence electrons. The molecule has 0 saturated carbocycles. The van der Waals surface area contributed by atoms with Crippen LogP contribution in [0.25, 0.3) is 28.5 Å². The lowest BCUT2D eigenvalue weighted by atomic mass is 9.95. The standard InChI is InChI=1S/C24H21FN4O2/c1-31-23-11-15(6-7-26-23)14-2-4-19(22(30)10-14)21-13-27-18(12-28-21)9-16-8-17-3-5-20(29-17)24(16)25/h2-7,9-13,17,20,24,29-30H,8H2,1H3/b16-9+/t17?,20?,24-/m1/s1. The summed E-state index contributed by atoms with van der Waals surface area (Å²) in [6, 6.07) is 8.95. The van der Waals surface area contributed by atoms with Crippen LogP contribution in [0.3, 0.4) is 0 Å². The Bertz CT molecular complexity index is 1180. The van der Waals surface area contributed by atoms with Crippen LogP contribution in [0.15, 0.2) is 66.6 Å². The second-order valence-corrected chi connectivity index (χ2v) is 7.65. The predicted octanol–water partition coefficient (Wildman–Crippen LogP) is 3.94. The van der Waals surface area contributed by atoms with Crippen LogP contribution < -0.4 is 10.1 Å². The molecule has 0 aliphatic carbocycles. The third kappa shape index (κ3) is 3.80. The number of methoxy groups -OCH3 is 1. The monoisotopic (exact) mass is 416 g/mol. The highest BCUT2D eigenvalue weighted by Crippen LogP contribution is 2.33. The fourth-order valence-electron chi connectivity index (χ4n) is 4.03. The van der Waals surface area contributed by atoms with E-state index in [0.29, 0.717) is 29.3 Å². The first kappa shape index (κ1) is 19.4. The zero-order chi connectivity index (χ0) is 21.4. The molecule has 2 N–H and O–H groups in total. The average Bonchev–Trinajstić information content (AvgIpc) is 3.21. The van der Waals surface area contributed by atoms with Gasteiger partial charge in [-0.1, -0.05) is 18.2 Å². The summed E-state index contributed by atoms with van der Waals surface area (Å²) in [5.41, 5.74) is 4.15. The molecule has 0 amide bonds. The average molecular weight is 416 g/mol. The van der Waals surface area contributed by atoms with Crippen molar-refractivity contribution in [1.82, 2.24) is 20.3 Å². The third-order valence-corrected chi connectivity index (χ3v) is 5.64. The summed E-state index contributed by atoms with van der Waals surface area (Å²) in [6.45, 7) is 0. The van der Waals surface area contributed by atoms with Crippen LogP contribution >= 0.6 is 0 Å². The van der Waals surface area contributed by atoms with E-state index >= 15 is 0 Å². The summed E-state index contributed by atoms with van der Waals surface area (Å²) in [5, 5.41) is 13.8. The minimum Gasteiger partial charge on any atom is -0.507 e. The molecule has 1 fully saturated rings. The second kappa shape index (κ2) is 7.92. The topological polar surface area (TPSA) is 80.2 Å². The van der Waals surface area contributed by atoms with Crippen molar-refractivity contribution in [3.8, 4) is 34.0 Å². The first-order valence-electron chi connectivity index (χ1n) is 10.1. The van der Waals surface area contributed by atoms with Gasteiger partial charge < -0.3 is 15.2 Å². The normalized spacial score (nSPS) is 23.3. The van der Waals surface area contributed by atoms with Gasteiger partial charge >= 0.3 is 0 Å². The highest BCUT2D eigenvalue weighted by atomic mass is 19.1. The summed E-state index contributed by atoms with van der Waals surface area (Å²) >= 11 is 0. The molecule has 3 aromatic rings. The molecule has 0 spiro atoms. The molecule has 2 unspecified atom stereocenters. The van der Waals surface area contributed by atoms with E-state index in [1.54, 1.807) is 50.0 Å². The predicted molar refractivity (Wildman–Crippen MR) is 116 cm³/mol.